The van der Waals surface area contributed by atoms with Gasteiger partial charge in [0.25, 0.3) is 0 Å². The van der Waals surface area contributed by atoms with Crippen LogP contribution in [-0.2, 0) is 11.2 Å². The zero-order valence-electron chi connectivity index (χ0n) is 17.7. The molecular formula is C24H34N2O3. The van der Waals surface area contributed by atoms with E-state index in [1.165, 1.54) is 24.8 Å². The van der Waals surface area contributed by atoms with Crippen LogP contribution in [0.4, 0.5) is 0 Å². The van der Waals surface area contributed by atoms with Gasteiger partial charge in [0.15, 0.2) is 0 Å². The third-order valence-corrected chi connectivity index (χ3v) is 7.54. The molecule has 3 fully saturated rings. The predicted molar refractivity (Wildman–Crippen MR) is 112 cm³/mol. The smallest absolute Gasteiger partial charge is 0.223 e. The number of nitrogens with one attached hydrogen (secondary N) is 1. The Hall–Kier alpha value is -1.75. The Balaban J connectivity index is 1.29. The second-order valence-electron chi connectivity index (χ2n) is 9.73. The topological polar surface area (TPSA) is 73.6 Å². The summed E-state index contributed by atoms with van der Waals surface area (Å²) < 4.78 is 11.9. The lowest BCUT2D eigenvalue weighted by atomic mass is 9.67. The number of carbonyl (C=O) groups excluding carboxylic acids is 1. The Labute approximate surface area is 173 Å². The van der Waals surface area contributed by atoms with Gasteiger partial charge < -0.3 is 20.5 Å². The minimum Gasteiger partial charge on any atom is -0.494 e. The summed E-state index contributed by atoms with van der Waals surface area (Å²) in [6, 6.07) is 4.91. The van der Waals surface area contributed by atoms with E-state index in [0.717, 1.165) is 42.7 Å². The zero-order valence-corrected chi connectivity index (χ0v) is 17.7. The molecular weight excluding hydrogens is 364 g/mol. The van der Waals surface area contributed by atoms with Crippen LogP contribution in [0, 0.1) is 17.8 Å². The Bertz CT molecular complexity index is 781. The molecule has 5 unspecified atom stereocenters. The molecule has 158 valence electrons. The second kappa shape index (κ2) is 7.50. The number of nitrogens with two attached hydrogens (primary N) is 1. The molecule has 1 amide bonds. The van der Waals surface area contributed by atoms with Crippen LogP contribution in [-0.4, -0.2) is 30.7 Å². The highest BCUT2D eigenvalue weighted by Crippen LogP contribution is 2.53. The van der Waals surface area contributed by atoms with E-state index in [-0.39, 0.29) is 23.8 Å². The Morgan fingerprint density at radius 2 is 2.00 bits per heavy atom. The van der Waals surface area contributed by atoms with Gasteiger partial charge in [-0.2, -0.15) is 0 Å². The van der Waals surface area contributed by atoms with Crippen molar-refractivity contribution < 1.29 is 14.3 Å². The molecule has 5 nitrogen and oxygen atoms in total. The van der Waals surface area contributed by atoms with Gasteiger partial charge in [0.1, 0.15) is 17.6 Å². The summed E-state index contributed by atoms with van der Waals surface area (Å²) in [6.07, 6.45) is 7.86. The molecule has 29 heavy (non-hydrogen) atoms. The fourth-order valence-electron chi connectivity index (χ4n) is 6.15. The van der Waals surface area contributed by atoms with E-state index in [1.807, 2.05) is 6.92 Å². The first-order valence-electron chi connectivity index (χ1n) is 11.6. The maximum absolute atomic E-state index is 13.1. The highest BCUT2D eigenvalue weighted by molar-refractivity contribution is 5.83. The molecule has 0 spiro atoms. The number of hydrogen-bond acceptors (Lipinski definition) is 4. The zero-order chi connectivity index (χ0) is 20.1. The third kappa shape index (κ3) is 3.63. The van der Waals surface area contributed by atoms with Crippen LogP contribution >= 0.6 is 0 Å². The molecule has 5 heteroatoms. The first kappa shape index (κ1) is 19.2. The van der Waals surface area contributed by atoms with Gasteiger partial charge in [-0.15, -0.1) is 0 Å². The molecule has 1 aromatic carbocycles. The summed E-state index contributed by atoms with van der Waals surface area (Å²) >= 11 is 0. The molecule has 0 saturated heterocycles. The number of fused-ring (bicyclic) bond motifs is 3. The molecule has 1 aromatic rings. The van der Waals surface area contributed by atoms with E-state index in [2.05, 4.69) is 24.4 Å². The van der Waals surface area contributed by atoms with Gasteiger partial charge in [-0.3, -0.25) is 4.79 Å². The van der Waals surface area contributed by atoms with Gasteiger partial charge >= 0.3 is 0 Å². The van der Waals surface area contributed by atoms with Gasteiger partial charge in [0.2, 0.25) is 5.91 Å². The van der Waals surface area contributed by atoms with Crippen LogP contribution in [0.5, 0.6) is 11.5 Å². The first-order valence-corrected chi connectivity index (χ1v) is 11.6. The predicted octanol–water partition coefficient (Wildman–Crippen LogP) is 3.53. The monoisotopic (exact) mass is 398 g/mol. The molecule has 5 rings (SSSR count). The highest BCUT2D eigenvalue weighted by Gasteiger charge is 2.48. The van der Waals surface area contributed by atoms with Crippen molar-refractivity contribution in [1.82, 2.24) is 5.32 Å². The van der Waals surface area contributed by atoms with Crippen molar-refractivity contribution in [3.05, 3.63) is 23.3 Å². The van der Waals surface area contributed by atoms with Crippen molar-refractivity contribution in [3.63, 3.8) is 0 Å². The Morgan fingerprint density at radius 3 is 2.72 bits per heavy atom. The van der Waals surface area contributed by atoms with Gasteiger partial charge in [0, 0.05) is 41.5 Å². The largest absolute Gasteiger partial charge is 0.494 e. The van der Waals surface area contributed by atoms with E-state index in [9.17, 15) is 4.79 Å². The maximum Gasteiger partial charge on any atom is 0.223 e. The molecule has 0 aromatic heterocycles. The lowest BCUT2D eigenvalue weighted by Gasteiger charge is -2.45. The minimum atomic E-state index is 0.0578. The Morgan fingerprint density at radius 1 is 1.24 bits per heavy atom. The quantitative estimate of drug-likeness (QED) is 0.796. The average molecular weight is 399 g/mol. The molecule has 2 bridgehead atoms. The number of rotatable bonds is 5. The molecule has 3 N–H and O–H groups in total. The minimum absolute atomic E-state index is 0.0578. The van der Waals surface area contributed by atoms with Crippen LogP contribution in [0.25, 0.3) is 0 Å². The first-order chi connectivity index (χ1) is 14.0. The molecule has 3 aliphatic carbocycles. The van der Waals surface area contributed by atoms with Crippen molar-refractivity contribution in [1.29, 1.82) is 0 Å². The summed E-state index contributed by atoms with van der Waals surface area (Å²) in [5.74, 6) is 3.56. The van der Waals surface area contributed by atoms with Gasteiger partial charge in [0.05, 0.1) is 6.61 Å². The van der Waals surface area contributed by atoms with E-state index in [4.69, 9.17) is 15.2 Å². The van der Waals surface area contributed by atoms with Crippen molar-refractivity contribution in [2.45, 2.75) is 82.9 Å². The average Bonchev–Trinajstić information content (AvgIpc) is 3.37. The van der Waals surface area contributed by atoms with Gasteiger partial charge in [-0.25, -0.2) is 0 Å². The molecule has 0 radical (unpaired) electrons. The van der Waals surface area contributed by atoms with Crippen LogP contribution in [0.15, 0.2) is 12.1 Å². The SMILES string of the molecule is CCOc1cc2c(cc1C1CC1C(=O)NC1C3CCCC1CC(N)C3)OC(C)C2. The lowest BCUT2D eigenvalue weighted by Crippen LogP contribution is -2.54. The summed E-state index contributed by atoms with van der Waals surface area (Å²) in [6.45, 7) is 4.75. The third-order valence-electron chi connectivity index (χ3n) is 7.54. The molecule has 1 heterocycles. The second-order valence-corrected chi connectivity index (χ2v) is 9.73. The van der Waals surface area contributed by atoms with Crippen molar-refractivity contribution in [3.8, 4) is 11.5 Å². The number of hydrogen-bond donors (Lipinski definition) is 2. The number of amides is 1. The van der Waals surface area contributed by atoms with Crippen LogP contribution in [0.3, 0.4) is 0 Å². The molecule has 3 saturated carbocycles. The molecule has 5 atom stereocenters. The summed E-state index contributed by atoms with van der Waals surface area (Å²) in [5, 5.41) is 3.45. The fourth-order valence-corrected chi connectivity index (χ4v) is 6.15. The fraction of sp³-hybridized carbons (Fsp3) is 0.708. The maximum atomic E-state index is 13.1. The van der Waals surface area contributed by atoms with E-state index < -0.39 is 0 Å². The van der Waals surface area contributed by atoms with E-state index >= 15 is 0 Å². The highest BCUT2D eigenvalue weighted by atomic mass is 16.5. The van der Waals surface area contributed by atoms with Crippen LogP contribution < -0.4 is 20.5 Å². The number of carbonyl (C=O) groups is 1. The van der Waals surface area contributed by atoms with Crippen LogP contribution in [0.2, 0.25) is 0 Å². The summed E-state index contributed by atoms with van der Waals surface area (Å²) in [5.41, 5.74) is 8.61. The van der Waals surface area contributed by atoms with E-state index in [1.54, 1.807) is 0 Å². The van der Waals surface area contributed by atoms with E-state index in [0.29, 0.717) is 30.5 Å². The van der Waals surface area contributed by atoms with Crippen LogP contribution in [0.1, 0.15) is 69.4 Å². The standard InChI is InChI=1S/C24H34N2O3/c1-3-28-22-10-16-7-13(2)29-21(16)12-19(22)18-11-20(18)24(27)26-23-14-5-4-6-15(23)9-17(25)8-14/h10,12-15,17-18,20,23H,3-9,11,25H2,1-2H3,(H,26,27). The van der Waals surface area contributed by atoms with Crippen molar-refractivity contribution in [2.24, 2.45) is 23.5 Å². The number of benzene rings is 1. The van der Waals surface area contributed by atoms with Gasteiger partial charge in [-0.1, -0.05) is 6.42 Å². The van der Waals surface area contributed by atoms with Crippen molar-refractivity contribution in [2.75, 3.05) is 6.61 Å². The van der Waals surface area contributed by atoms with Gasteiger partial charge in [-0.05, 0) is 69.9 Å². The summed E-state index contributed by atoms with van der Waals surface area (Å²) in [7, 11) is 0. The number of ether oxygens (including phenoxy) is 2. The normalized spacial score (nSPS) is 37.4. The lowest BCUT2D eigenvalue weighted by molar-refractivity contribution is -0.124. The molecule has 4 aliphatic rings. The Kier molecular flexibility index (Phi) is 4.97. The molecule has 1 aliphatic heterocycles. The van der Waals surface area contributed by atoms with Crippen molar-refractivity contribution >= 4 is 5.91 Å². The summed E-state index contributed by atoms with van der Waals surface area (Å²) in [4.78, 5) is 13.1.